The molecule has 1 unspecified atom stereocenters. The molecule has 0 radical (unpaired) electrons. The molecule has 0 aliphatic heterocycles. The Kier molecular flexibility index (Phi) is 5.73. The normalized spacial score (nSPS) is 12.0. The molecule has 0 bridgehead atoms. The van der Waals surface area contributed by atoms with Gasteiger partial charge in [0.15, 0.2) is 5.16 Å². The van der Waals surface area contributed by atoms with Crippen molar-refractivity contribution >= 4 is 23.4 Å². The van der Waals surface area contributed by atoms with Crippen LogP contribution in [-0.2, 0) is 4.79 Å². The molecule has 0 N–H and O–H groups in total. The Morgan fingerprint density at radius 2 is 1.69 bits per heavy atom. The lowest BCUT2D eigenvalue weighted by Crippen LogP contribution is -2.36. The number of anilines is 1. The highest BCUT2D eigenvalue weighted by Crippen LogP contribution is 2.27. The molecule has 0 saturated carbocycles. The fraction of sp³-hybridized carbons (Fsp3) is 0.250. The third kappa shape index (κ3) is 3.80. The zero-order valence-electron chi connectivity index (χ0n) is 15.2. The largest absolute Gasteiger partial charge is 0.312 e. The van der Waals surface area contributed by atoms with Gasteiger partial charge in [0.05, 0.1) is 5.25 Å². The van der Waals surface area contributed by atoms with Gasteiger partial charge < -0.3 is 4.90 Å². The number of amides is 1. The maximum absolute atomic E-state index is 13.0. The van der Waals surface area contributed by atoms with E-state index in [0.717, 1.165) is 22.4 Å². The highest BCUT2D eigenvalue weighted by molar-refractivity contribution is 8.00. The average Bonchev–Trinajstić information content (AvgIpc) is 3.04. The summed E-state index contributed by atoms with van der Waals surface area (Å²) in [7, 11) is 0. The Balaban J connectivity index is 1.82. The van der Waals surface area contributed by atoms with E-state index in [0.29, 0.717) is 6.54 Å². The van der Waals surface area contributed by atoms with Crippen molar-refractivity contribution in [3.05, 3.63) is 66.5 Å². The Hall–Kier alpha value is -2.60. The molecule has 5 nitrogen and oxygen atoms in total. The van der Waals surface area contributed by atoms with E-state index in [-0.39, 0.29) is 11.2 Å². The lowest BCUT2D eigenvalue weighted by Gasteiger charge is -2.24. The second kappa shape index (κ2) is 8.19. The summed E-state index contributed by atoms with van der Waals surface area (Å²) in [5.41, 5.74) is 1.90. The molecular formula is C20H22N4OS. The molecule has 1 heterocycles. The van der Waals surface area contributed by atoms with Crippen molar-refractivity contribution in [2.45, 2.75) is 31.2 Å². The van der Waals surface area contributed by atoms with Crippen molar-refractivity contribution in [1.82, 2.24) is 14.8 Å². The summed E-state index contributed by atoms with van der Waals surface area (Å²) in [5.74, 6) is 0.859. The van der Waals surface area contributed by atoms with Crippen LogP contribution >= 0.6 is 11.8 Å². The minimum Gasteiger partial charge on any atom is -0.312 e. The van der Waals surface area contributed by atoms with Gasteiger partial charge in [-0.2, -0.15) is 0 Å². The Morgan fingerprint density at radius 1 is 1.08 bits per heavy atom. The van der Waals surface area contributed by atoms with Gasteiger partial charge in [0.1, 0.15) is 5.82 Å². The zero-order valence-corrected chi connectivity index (χ0v) is 16.0. The molecule has 3 rings (SSSR count). The lowest BCUT2D eigenvalue weighted by molar-refractivity contribution is -0.117. The first-order valence-corrected chi connectivity index (χ1v) is 9.50. The van der Waals surface area contributed by atoms with Crippen LogP contribution < -0.4 is 4.90 Å². The first-order chi connectivity index (χ1) is 12.6. The van der Waals surface area contributed by atoms with Crippen LogP contribution in [0.2, 0.25) is 0 Å². The Bertz CT molecular complexity index is 864. The molecular weight excluding hydrogens is 344 g/mol. The number of carbonyl (C=O) groups is 1. The highest BCUT2D eigenvalue weighted by atomic mass is 32.2. The van der Waals surface area contributed by atoms with Gasteiger partial charge in [0.25, 0.3) is 0 Å². The molecule has 2 aromatic carbocycles. The smallest absolute Gasteiger partial charge is 0.240 e. The number of thioether (sulfide) groups is 1. The highest BCUT2D eigenvalue weighted by Gasteiger charge is 2.24. The minimum atomic E-state index is -0.277. The van der Waals surface area contributed by atoms with Crippen LogP contribution in [0.25, 0.3) is 5.69 Å². The van der Waals surface area contributed by atoms with Crippen LogP contribution in [0, 0.1) is 6.92 Å². The molecule has 1 amide bonds. The van der Waals surface area contributed by atoms with E-state index in [4.69, 9.17) is 0 Å². The van der Waals surface area contributed by atoms with Gasteiger partial charge in [-0.05, 0) is 45.0 Å². The number of hydrogen-bond donors (Lipinski definition) is 0. The van der Waals surface area contributed by atoms with Crippen molar-refractivity contribution < 1.29 is 4.79 Å². The summed E-state index contributed by atoms with van der Waals surface area (Å²) in [6, 6.07) is 19.7. The van der Waals surface area contributed by atoms with Crippen LogP contribution in [0.3, 0.4) is 0 Å². The summed E-state index contributed by atoms with van der Waals surface area (Å²) in [5, 5.41) is 8.92. The third-order valence-corrected chi connectivity index (χ3v) is 5.12. The molecule has 0 aliphatic carbocycles. The SMILES string of the molecule is CCN(C(=O)C(C)Sc1nnc(C)n1-c1ccccc1)c1ccccc1. The predicted molar refractivity (Wildman–Crippen MR) is 106 cm³/mol. The minimum absolute atomic E-state index is 0.0592. The molecule has 1 atom stereocenters. The van der Waals surface area contributed by atoms with E-state index in [1.54, 1.807) is 4.90 Å². The summed E-state index contributed by atoms with van der Waals surface area (Å²) < 4.78 is 1.98. The summed E-state index contributed by atoms with van der Waals surface area (Å²) in [4.78, 5) is 14.8. The van der Waals surface area contributed by atoms with Crippen molar-refractivity contribution in [2.24, 2.45) is 0 Å². The van der Waals surface area contributed by atoms with Crippen LogP contribution in [0.4, 0.5) is 5.69 Å². The molecule has 1 aromatic heterocycles. The van der Waals surface area contributed by atoms with Gasteiger partial charge in [-0.3, -0.25) is 9.36 Å². The molecule has 3 aromatic rings. The number of nitrogens with zero attached hydrogens (tertiary/aromatic N) is 4. The molecule has 0 saturated heterocycles. The zero-order chi connectivity index (χ0) is 18.5. The first kappa shape index (κ1) is 18.2. The number of aryl methyl sites for hydroxylation is 1. The standard InChI is InChI=1S/C20H22N4OS/c1-4-23(17-11-7-5-8-12-17)19(25)15(2)26-20-22-21-16(3)24(20)18-13-9-6-10-14-18/h5-15H,4H2,1-3H3. The van der Waals surface area contributed by atoms with Crippen molar-refractivity contribution in [3.63, 3.8) is 0 Å². The topological polar surface area (TPSA) is 51.0 Å². The van der Waals surface area contributed by atoms with Gasteiger partial charge in [0, 0.05) is 17.9 Å². The molecule has 0 fully saturated rings. The van der Waals surface area contributed by atoms with Crippen LogP contribution in [0.5, 0.6) is 0 Å². The van der Waals surface area contributed by atoms with Crippen LogP contribution in [0.15, 0.2) is 65.8 Å². The molecule has 26 heavy (non-hydrogen) atoms. The number of para-hydroxylation sites is 2. The third-order valence-electron chi connectivity index (χ3n) is 4.09. The quantitative estimate of drug-likeness (QED) is 0.616. The maximum Gasteiger partial charge on any atom is 0.240 e. The fourth-order valence-corrected chi connectivity index (χ4v) is 3.77. The molecule has 6 heteroatoms. The van der Waals surface area contributed by atoms with Crippen LogP contribution in [-0.4, -0.2) is 32.5 Å². The number of benzene rings is 2. The average molecular weight is 366 g/mol. The van der Waals surface area contributed by atoms with Gasteiger partial charge in [0.2, 0.25) is 5.91 Å². The number of rotatable bonds is 6. The number of carbonyl (C=O) groups excluding carboxylic acids is 1. The lowest BCUT2D eigenvalue weighted by atomic mass is 10.2. The van der Waals surface area contributed by atoms with Crippen LogP contribution in [0.1, 0.15) is 19.7 Å². The van der Waals surface area contributed by atoms with E-state index in [1.165, 1.54) is 11.8 Å². The number of aromatic nitrogens is 3. The van der Waals surface area contributed by atoms with Gasteiger partial charge in [-0.25, -0.2) is 0 Å². The first-order valence-electron chi connectivity index (χ1n) is 8.62. The van der Waals surface area contributed by atoms with E-state index in [1.807, 2.05) is 86.0 Å². The second-order valence-corrected chi connectivity index (χ2v) is 7.19. The summed E-state index contributed by atoms with van der Waals surface area (Å²) >= 11 is 1.43. The van der Waals surface area contributed by atoms with Crippen molar-refractivity contribution in [2.75, 3.05) is 11.4 Å². The number of hydrogen-bond acceptors (Lipinski definition) is 4. The van der Waals surface area contributed by atoms with Gasteiger partial charge >= 0.3 is 0 Å². The van der Waals surface area contributed by atoms with E-state index in [9.17, 15) is 4.79 Å². The van der Waals surface area contributed by atoms with Crippen molar-refractivity contribution in [1.29, 1.82) is 0 Å². The van der Waals surface area contributed by atoms with Gasteiger partial charge in [-0.1, -0.05) is 48.2 Å². The molecule has 0 aliphatic rings. The van der Waals surface area contributed by atoms with Crippen molar-refractivity contribution in [3.8, 4) is 5.69 Å². The fourth-order valence-electron chi connectivity index (χ4n) is 2.80. The van der Waals surface area contributed by atoms with E-state index < -0.39 is 0 Å². The van der Waals surface area contributed by atoms with E-state index >= 15 is 0 Å². The van der Waals surface area contributed by atoms with Gasteiger partial charge in [-0.15, -0.1) is 10.2 Å². The summed E-state index contributed by atoms with van der Waals surface area (Å²) in [6.07, 6.45) is 0. The van der Waals surface area contributed by atoms with E-state index in [2.05, 4.69) is 10.2 Å². The molecule has 134 valence electrons. The Morgan fingerprint density at radius 3 is 2.31 bits per heavy atom. The molecule has 0 spiro atoms. The Labute approximate surface area is 158 Å². The monoisotopic (exact) mass is 366 g/mol. The summed E-state index contributed by atoms with van der Waals surface area (Å²) in [6.45, 7) is 6.44. The maximum atomic E-state index is 13.0. The second-order valence-electron chi connectivity index (χ2n) is 5.88. The predicted octanol–water partition coefficient (Wildman–Crippen LogP) is 4.11.